The van der Waals surface area contributed by atoms with Gasteiger partial charge in [-0.3, -0.25) is 9.59 Å². The van der Waals surface area contributed by atoms with Gasteiger partial charge in [0.1, 0.15) is 12.4 Å². The normalized spacial score (nSPS) is 22.0. The molecule has 0 bridgehead atoms. The zero-order valence-electron chi connectivity index (χ0n) is 16.3. The number of nitrogens with zero attached hydrogens (tertiary/aromatic N) is 4. The van der Waals surface area contributed by atoms with Crippen LogP contribution in [0.3, 0.4) is 0 Å². The highest BCUT2D eigenvalue weighted by Gasteiger charge is 2.48. The Morgan fingerprint density at radius 2 is 2.04 bits per heavy atom. The molecular weight excluding hydrogens is 360 g/mol. The standard InChI is InChI=1S/C20H24N4O4/c1-20(2)18(26)24(19(27)28-20)12-16(25)23-10-6-7-13(11-23)17-21-14-8-4-5-9-15(14)22(17)3/h4-5,8-9,13H,6-7,10-12H2,1-3H3/t13-/m1/s1. The fourth-order valence-corrected chi connectivity index (χ4v) is 4.04. The fourth-order valence-electron chi connectivity index (χ4n) is 4.04. The van der Waals surface area contributed by atoms with Gasteiger partial charge in [-0.25, -0.2) is 14.7 Å². The molecule has 0 spiro atoms. The Labute approximate surface area is 163 Å². The first kappa shape index (κ1) is 18.5. The van der Waals surface area contributed by atoms with Gasteiger partial charge in [-0.1, -0.05) is 12.1 Å². The summed E-state index contributed by atoms with van der Waals surface area (Å²) in [5, 5.41) is 0. The van der Waals surface area contributed by atoms with Crippen LogP contribution in [0.15, 0.2) is 24.3 Å². The molecular formula is C20H24N4O4. The van der Waals surface area contributed by atoms with Crippen LogP contribution >= 0.6 is 0 Å². The Morgan fingerprint density at radius 1 is 1.29 bits per heavy atom. The number of fused-ring (bicyclic) bond motifs is 1. The molecule has 28 heavy (non-hydrogen) atoms. The molecule has 2 saturated heterocycles. The van der Waals surface area contributed by atoms with E-state index in [1.807, 2.05) is 31.3 Å². The van der Waals surface area contributed by atoms with Crippen LogP contribution in [-0.4, -0.2) is 62.5 Å². The van der Waals surface area contributed by atoms with Crippen LogP contribution in [-0.2, 0) is 21.4 Å². The molecule has 1 atom stereocenters. The van der Waals surface area contributed by atoms with Crippen molar-refractivity contribution in [2.45, 2.75) is 38.2 Å². The van der Waals surface area contributed by atoms with Gasteiger partial charge in [-0.15, -0.1) is 0 Å². The average molecular weight is 384 g/mol. The van der Waals surface area contributed by atoms with Gasteiger partial charge in [0.05, 0.1) is 11.0 Å². The summed E-state index contributed by atoms with van der Waals surface area (Å²) < 4.78 is 7.14. The average Bonchev–Trinajstić information content (AvgIpc) is 3.10. The third-order valence-electron chi connectivity index (χ3n) is 5.58. The number of imidazole rings is 1. The van der Waals surface area contributed by atoms with Crippen molar-refractivity contribution >= 4 is 28.9 Å². The van der Waals surface area contributed by atoms with Crippen molar-refractivity contribution in [1.82, 2.24) is 19.4 Å². The van der Waals surface area contributed by atoms with Gasteiger partial charge in [-0.05, 0) is 38.8 Å². The number of para-hydroxylation sites is 2. The number of piperidine rings is 1. The highest BCUT2D eigenvalue weighted by atomic mass is 16.6. The maximum Gasteiger partial charge on any atom is 0.418 e. The second kappa shape index (κ2) is 6.61. The summed E-state index contributed by atoms with van der Waals surface area (Å²) in [6, 6.07) is 7.96. The summed E-state index contributed by atoms with van der Waals surface area (Å²) in [4.78, 5) is 44.4. The molecule has 2 aliphatic heterocycles. The molecule has 2 aromatic rings. The van der Waals surface area contributed by atoms with Crippen LogP contribution in [0.25, 0.3) is 11.0 Å². The van der Waals surface area contributed by atoms with Gasteiger partial charge in [0, 0.05) is 26.1 Å². The molecule has 0 aliphatic carbocycles. The van der Waals surface area contributed by atoms with E-state index >= 15 is 0 Å². The van der Waals surface area contributed by atoms with E-state index in [0.717, 1.165) is 34.6 Å². The lowest BCUT2D eigenvalue weighted by molar-refractivity contribution is -0.140. The smallest absolute Gasteiger partial charge is 0.418 e. The van der Waals surface area contributed by atoms with Gasteiger partial charge in [-0.2, -0.15) is 0 Å². The second-order valence-corrected chi connectivity index (χ2v) is 7.97. The third kappa shape index (κ3) is 3.02. The molecule has 3 heterocycles. The van der Waals surface area contributed by atoms with E-state index in [4.69, 9.17) is 9.72 Å². The molecule has 2 fully saturated rings. The first-order valence-corrected chi connectivity index (χ1v) is 9.52. The lowest BCUT2D eigenvalue weighted by Crippen LogP contribution is -2.47. The van der Waals surface area contributed by atoms with E-state index in [-0.39, 0.29) is 18.4 Å². The number of aryl methyl sites for hydroxylation is 1. The minimum Gasteiger partial charge on any atom is -0.433 e. The summed E-state index contributed by atoms with van der Waals surface area (Å²) in [5.41, 5.74) is 0.791. The van der Waals surface area contributed by atoms with Crippen molar-refractivity contribution in [3.8, 4) is 0 Å². The molecule has 1 aromatic carbocycles. The lowest BCUT2D eigenvalue weighted by atomic mass is 9.97. The van der Waals surface area contributed by atoms with Gasteiger partial charge in [0.25, 0.3) is 5.91 Å². The third-order valence-corrected chi connectivity index (χ3v) is 5.58. The van der Waals surface area contributed by atoms with Crippen molar-refractivity contribution in [3.63, 3.8) is 0 Å². The fraction of sp³-hybridized carbons (Fsp3) is 0.500. The number of hydrogen-bond acceptors (Lipinski definition) is 5. The number of ether oxygens (including phenoxy) is 1. The number of carbonyl (C=O) groups is 3. The number of benzene rings is 1. The van der Waals surface area contributed by atoms with Crippen LogP contribution in [0.1, 0.15) is 38.4 Å². The minimum atomic E-state index is -1.21. The molecule has 4 rings (SSSR count). The summed E-state index contributed by atoms with van der Waals surface area (Å²) in [6.45, 7) is 3.91. The Morgan fingerprint density at radius 3 is 2.71 bits per heavy atom. The van der Waals surface area contributed by atoms with Gasteiger partial charge < -0.3 is 14.2 Å². The Bertz CT molecular complexity index is 964. The van der Waals surface area contributed by atoms with Crippen LogP contribution in [0.2, 0.25) is 0 Å². The van der Waals surface area contributed by atoms with E-state index in [1.165, 1.54) is 13.8 Å². The summed E-state index contributed by atoms with van der Waals surface area (Å²) in [5.74, 6) is 0.352. The van der Waals surface area contributed by atoms with Gasteiger partial charge >= 0.3 is 6.09 Å². The highest BCUT2D eigenvalue weighted by molar-refractivity contribution is 6.04. The highest BCUT2D eigenvalue weighted by Crippen LogP contribution is 2.29. The van der Waals surface area contributed by atoms with E-state index in [9.17, 15) is 14.4 Å². The number of likely N-dealkylation sites (tertiary alicyclic amines) is 1. The Hall–Kier alpha value is -2.90. The maximum atomic E-state index is 12.8. The van der Waals surface area contributed by atoms with Crippen LogP contribution in [0.5, 0.6) is 0 Å². The summed E-state index contributed by atoms with van der Waals surface area (Å²) in [7, 11) is 1.99. The SMILES string of the molecule is Cn1c([C@@H]2CCCN(C(=O)CN3C(=O)OC(C)(C)C3=O)C2)nc2ccccc21. The van der Waals surface area contributed by atoms with Crippen LogP contribution < -0.4 is 0 Å². The van der Waals surface area contributed by atoms with Crippen molar-refractivity contribution in [2.75, 3.05) is 19.6 Å². The number of imide groups is 1. The molecule has 0 radical (unpaired) electrons. The molecule has 1 aromatic heterocycles. The lowest BCUT2D eigenvalue weighted by Gasteiger charge is -2.33. The molecule has 2 aliphatic rings. The zero-order valence-corrected chi connectivity index (χ0v) is 16.3. The number of hydrogen-bond donors (Lipinski definition) is 0. The van der Waals surface area contributed by atoms with E-state index < -0.39 is 17.6 Å². The number of carbonyl (C=O) groups excluding carboxylic acids is 3. The molecule has 8 nitrogen and oxygen atoms in total. The molecule has 3 amide bonds. The van der Waals surface area contributed by atoms with E-state index in [1.54, 1.807) is 4.90 Å². The van der Waals surface area contributed by atoms with Gasteiger partial charge in [0.15, 0.2) is 5.60 Å². The second-order valence-electron chi connectivity index (χ2n) is 7.97. The summed E-state index contributed by atoms with van der Waals surface area (Å²) >= 11 is 0. The van der Waals surface area contributed by atoms with Crippen molar-refractivity contribution in [3.05, 3.63) is 30.1 Å². The summed E-state index contributed by atoms with van der Waals surface area (Å²) in [6.07, 6.45) is 1.04. The van der Waals surface area contributed by atoms with Crippen LogP contribution in [0.4, 0.5) is 4.79 Å². The van der Waals surface area contributed by atoms with E-state index in [2.05, 4.69) is 4.57 Å². The molecule has 0 unspecified atom stereocenters. The zero-order chi connectivity index (χ0) is 20.1. The van der Waals surface area contributed by atoms with Crippen molar-refractivity contribution in [2.24, 2.45) is 7.05 Å². The van der Waals surface area contributed by atoms with Gasteiger partial charge in [0.2, 0.25) is 5.91 Å². The topological polar surface area (TPSA) is 84.7 Å². The number of cyclic esters (lactones) is 1. The largest absolute Gasteiger partial charge is 0.433 e. The predicted molar refractivity (Wildman–Crippen MR) is 102 cm³/mol. The maximum absolute atomic E-state index is 12.8. The van der Waals surface area contributed by atoms with Crippen molar-refractivity contribution in [1.29, 1.82) is 0 Å². The minimum absolute atomic E-state index is 0.118. The molecule has 8 heteroatoms. The first-order valence-electron chi connectivity index (χ1n) is 9.52. The number of aromatic nitrogens is 2. The first-order chi connectivity index (χ1) is 13.3. The number of amides is 3. The molecule has 0 saturated carbocycles. The monoisotopic (exact) mass is 384 g/mol. The Kier molecular flexibility index (Phi) is 4.36. The van der Waals surface area contributed by atoms with E-state index in [0.29, 0.717) is 13.1 Å². The Balaban J connectivity index is 1.49. The quantitative estimate of drug-likeness (QED) is 0.808. The predicted octanol–water partition coefficient (Wildman–Crippen LogP) is 2.04. The van der Waals surface area contributed by atoms with Crippen LogP contribution in [0, 0.1) is 0 Å². The molecule has 148 valence electrons. The number of rotatable bonds is 3. The molecule has 0 N–H and O–H groups in total. The van der Waals surface area contributed by atoms with Crippen molar-refractivity contribution < 1.29 is 19.1 Å².